The maximum Gasteiger partial charge on any atom is 0.384 e. The molecule has 0 heterocycles. The Morgan fingerprint density at radius 1 is 1.62 bits per heavy atom. The summed E-state index contributed by atoms with van der Waals surface area (Å²) in [6.07, 6.45) is 5.17. The highest BCUT2D eigenvalue weighted by atomic mass is 16.5. The van der Waals surface area contributed by atoms with Gasteiger partial charge in [0.1, 0.15) is 6.10 Å². The van der Waals surface area contributed by atoms with E-state index in [1.807, 2.05) is 19.9 Å². The lowest BCUT2D eigenvalue weighted by Crippen LogP contribution is -2.10. The van der Waals surface area contributed by atoms with Gasteiger partial charge in [-0.3, -0.25) is 0 Å². The Morgan fingerprint density at radius 3 is 2.85 bits per heavy atom. The van der Waals surface area contributed by atoms with Crippen molar-refractivity contribution in [2.45, 2.75) is 39.7 Å². The number of hydrogen-bond donors (Lipinski definition) is 0. The van der Waals surface area contributed by atoms with Gasteiger partial charge in [0.25, 0.3) is 0 Å². The van der Waals surface area contributed by atoms with Gasteiger partial charge in [0.2, 0.25) is 0 Å². The van der Waals surface area contributed by atoms with Crippen molar-refractivity contribution >= 4 is 5.97 Å². The van der Waals surface area contributed by atoms with Gasteiger partial charge in [-0.15, -0.1) is 0 Å². The van der Waals surface area contributed by atoms with Crippen LogP contribution in [0.15, 0.2) is 12.2 Å². The molecule has 0 aliphatic heterocycles. The van der Waals surface area contributed by atoms with Crippen molar-refractivity contribution in [2.24, 2.45) is 0 Å². The van der Waals surface area contributed by atoms with Crippen LogP contribution in [0.25, 0.3) is 0 Å². The average molecular weight is 180 g/mol. The van der Waals surface area contributed by atoms with Crippen molar-refractivity contribution in [3.63, 3.8) is 0 Å². The molecule has 0 aliphatic rings. The molecule has 13 heavy (non-hydrogen) atoms. The molecule has 1 atom stereocenters. The van der Waals surface area contributed by atoms with Crippen LogP contribution in [-0.4, -0.2) is 12.1 Å². The van der Waals surface area contributed by atoms with E-state index in [1.54, 1.807) is 13.0 Å². The first-order valence-corrected chi connectivity index (χ1v) is 4.53. The van der Waals surface area contributed by atoms with E-state index in [0.717, 1.165) is 12.8 Å². The number of carbonyl (C=O) groups is 1. The van der Waals surface area contributed by atoms with Crippen LogP contribution in [0, 0.1) is 11.8 Å². The minimum absolute atomic E-state index is 0.187. The van der Waals surface area contributed by atoms with E-state index >= 15 is 0 Å². The Hall–Kier alpha value is -1.23. The molecular formula is C11H16O2. The lowest BCUT2D eigenvalue weighted by atomic mass is 10.3. The molecule has 2 nitrogen and oxygen atoms in total. The maximum atomic E-state index is 11.0. The van der Waals surface area contributed by atoms with Crippen LogP contribution >= 0.6 is 0 Å². The summed E-state index contributed by atoms with van der Waals surface area (Å²) in [5.41, 5.74) is 0. The highest BCUT2D eigenvalue weighted by molar-refractivity contribution is 5.88. The fraction of sp³-hybridized carbons (Fsp3) is 0.545. The number of rotatable bonds is 3. The first kappa shape index (κ1) is 11.8. The van der Waals surface area contributed by atoms with Crippen LogP contribution in [-0.2, 0) is 9.53 Å². The van der Waals surface area contributed by atoms with Crippen molar-refractivity contribution in [2.75, 3.05) is 0 Å². The van der Waals surface area contributed by atoms with Crippen molar-refractivity contribution in [1.29, 1.82) is 0 Å². The number of esters is 1. The molecule has 1 unspecified atom stereocenters. The van der Waals surface area contributed by atoms with E-state index in [-0.39, 0.29) is 6.10 Å². The minimum atomic E-state index is -0.445. The largest absolute Gasteiger partial charge is 0.449 e. The van der Waals surface area contributed by atoms with Gasteiger partial charge < -0.3 is 4.74 Å². The molecule has 0 aromatic rings. The number of hydrogen-bond acceptors (Lipinski definition) is 2. The summed E-state index contributed by atoms with van der Waals surface area (Å²) >= 11 is 0. The third-order valence-corrected chi connectivity index (χ3v) is 1.32. The second kappa shape index (κ2) is 7.42. The summed E-state index contributed by atoms with van der Waals surface area (Å²) in [7, 11) is 0. The number of unbranched alkanes of at least 4 members (excludes halogenated alkanes) is 1. The highest BCUT2D eigenvalue weighted by Crippen LogP contribution is 1.93. The zero-order valence-corrected chi connectivity index (χ0v) is 8.46. The summed E-state index contributed by atoms with van der Waals surface area (Å²) in [4.78, 5) is 11.0. The van der Waals surface area contributed by atoms with E-state index < -0.39 is 5.97 Å². The first-order chi connectivity index (χ1) is 6.20. The second-order valence-electron chi connectivity index (χ2n) is 2.69. The van der Waals surface area contributed by atoms with Gasteiger partial charge in [-0.05, 0) is 26.3 Å². The van der Waals surface area contributed by atoms with Crippen LogP contribution in [0.2, 0.25) is 0 Å². The fourth-order valence-corrected chi connectivity index (χ4v) is 0.768. The molecule has 0 rings (SSSR count). The molecule has 0 aromatic heterocycles. The topological polar surface area (TPSA) is 26.3 Å². The van der Waals surface area contributed by atoms with Gasteiger partial charge in [0.05, 0.1) is 0 Å². The smallest absolute Gasteiger partial charge is 0.384 e. The van der Waals surface area contributed by atoms with E-state index in [1.165, 1.54) is 0 Å². The third kappa shape index (κ3) is 7.14. The maximum absolute atomic E-state index is 11.0. The Balaban J connectivity index is 3.82. The van der Waals surface area contributed by atoms with Gasteiger partial charge in [0, 0.05) is 12.3 Å². The standard InChI is InChI=1S/C11H16O2/c1-4-6-7-9-11(12)13-10(3)8-5-2/h5,8,10H,4,6H2,1-3H3/b8-5+. The van der Waals surface area contributed by atoms with Crippen LogP contribution < -0.4 is 0 Å². The van der Waals surface area contributed by atoms with Gasteiger partial charge in [-0.25, -0.2) is 4.79 Å². The van der Waals surface area contributed by atoms with Gasteiger partial charge in [-0.2, -0.15) is 0 Å². The molecule has 2 heteroatoms. The van der Waals surface area contributed by atoms with Crippen molar-refractivity contribution in [3.8, 4) is 11.8 Å². The Kier molecular flexibility index (Phi) is 6.72. The van der Waals surface area contributed by atoms with E-state index in [2.05, 4.69) is 11.8 Å². The van der Waals surface area contributed by atoms with E-state index in [4.69, 9.17) is 4.74 Å². The van der Waals surface area contributed by atoms with Crippen molar-refractivity contribution < 1.29 is 9.53 Å². The predicted molar refractivity (Wildman–Crippen MR) is 53.1 cm³/mol. The summed E-state index contributed by atoms with van der Waals surface area (Å²) in [5, 5.41) is 0. The van der Waals surface area contributed by atoms with Crippen LogP contribution in [0.3, 0.4) is 0 Å². The van der Waals surface area contributed by atoms with Crippen LogP contribution in [0.5, 0.6) is 0 Å². The van der Waals surface area contributed by atoms with E-state index in [0.29, 0.717) is 0 Å². The molecule has 72 valence electrons. The zero-order valence-electron chi connectivity index (χ0n) is 8.46. The molecule has 0 bridgehead atoms. The number of ether oxygens (including phenoxy) is 1. The summed E-state index contributed by atoms with van der Waals surface area (Å²) in [6.45, 7) is 5.70. The Morgan fingerprint density at radius 2 is 2.31 bits per heavy atom. The molecular weight excluding hydrogens is 164 g/mol. The zero-order chi connectivity index (χ0) is 10.1. The molecule has 0 fully saturated rings. The monoisotopic (exact) mass is 180 g/mol. The van der Waals surface area contributed by atoms with Crippen LogP contribution in [0.1, 0.15) is 33.6 Å². The summed E-state index contributed by atoms with van der Waals surface area (Å²) in [6, 6.07) is 0. The molecule has 0 aliphatic carbocycles. The Labute approximate surface area is 80.0 Å². The molecule has 0 saturated heterocycles. The molecule has 0 N–H and O–H groups in total. The van der Waals surface area contributed by atoms with E-state index in [9.17, 15) is 4.79 Å². The lowest BCUT2D eigenvalue weighted by molar-refractivity contribution is -0.139. The lowest BCUT2D eigenvalue weighted by Gasteiger charge is -2.03. The minimum Gasteiger partial charge on any atom is -0.449 e. The van der Waals surface area contributed by atoms with Gasteiger partial charge >= 0.3 is 5.97 Å². The van der Waals surface area contributed by atoms with Gasteiger partial charge in [0.15, 0.2) is 0 Å². The molecule has 0 saturated carbocycles. The number of carbonyl (C=O) groups excluding carboxylic acids is 1. The Bertz CT molecular complexity index is 230. The first-order valence-electron chi connectivity index (χ1n) is 4.53. The normalized spacial score (nSPS) is 11.9. The van der Waals surface area contributed by atoms with Crippen molar-refractivity contribution in [1.82, 2.24) is 0 Å². The van der Waals surface area contributed by atoms with Gasteiger partial charge in [-0.1, -0.05) is 18.9 Å². The van der Waals surface area contributed by atoms with Crippen LogP contribution in [0.4, 0.5) is 0 Å². The molecule has 0 spiro atoms. The summed E-state index contributed by atoms with van der Waals surface area (Å²) < 4.78 is 4.94. The molecule has 0 radical (unpaired) electrons. The second-order valence-corrected chi connectivity index (χ2v) is 2.69. The fourth-order valence-electron chi connectivity index (χ4n) is 0.768. The summed E-state index contributed by atoms with van der Waals surface area (Å²) in [5.74, 6) is 4.72. The average Bonchev–Trinajstić information content (AvgIpc) is 2.05. The molecule has 0 aromatic carbocycles. The SMILES string of the molecule is C/C=C/C(C)OC(=O)C#CCCC. The third-order valence-electron chi connectivity index (χ3n) is 1.32. The number of allylic oxidation sites excluding steroid dienone is 1. The molecule has 0 amide bonds. The quantitative estimate of drug-likeness (QED) is 0.288. The van der Waals surface area contributed by atoms with Crippen molar-refractivity contribution in [3.05, 3.63) is 12.2 Å². The highest BCUT2D eigenvalue weighted by Gasteiger charge is 2.01. The predicted octanol–water partition coefficient (Wildman–Crippen LogP) is 2.30.